The second-order valence-electron chi connectivity index (χ2n) is 5.37. The molecule has 2 heterocycles. The van der Waals surface area contributed by atoms with Crippen molar-refractivity contribution >= 4 is 10.9 Å². The third-order valence-electron chi connectivity index (χ3n) is 4.58. The first kappa shape index (κ1) is 9.72. The van der Waals surface area contributed by atoms with Crippen LogP contribution >= 0.6 is 0 Å². The minimum Gasteiger partial charge on any atom is -0.344 e. The van der Waals surface area contributed by atoms with Crippen LogP contribution < -0.4 is 5.32 Å². The van der Waals surface area contributed by atoms with Crippen molar-refractivity contribution in [2.45, 2.75) is 38.3 Å². The summed E-state index contributed by atoms with van der Waals surface area (Å²) >= 11 is 0. The number of aryl methyl sites for hydroxylation is 2. The number of hydrogen-bond acceptors (Lipinski definition) is 1. The highest BCUT2D eigenvalue weighted by atomic mass is 15.0. The zero-order valence-corrected chi connectivity index (χ0v) is 10.3. The molecule has 1 aromatic carbocycles. The summed E-state index contributed by atoms with van der Waals surface area (Å²) in [7, 11) is 2.09. The molecule has 4 rings (SSSR count). The van der Waals surface area contributed by atoms with Gasteiger partial charge in [-0.2, -0.15) is 0 Å². The Balaban J connectivity index is 2.00. The Morgan fingerprint density at radius 1 is 1.29 bits per heavy atom. The van der Waals surface area contributed by atoms with Gasteiger partial charge >= 0.3 is 0 Å². The molecule has 17 heavy (non-hydrogen) atoms. The maximum absolute atomic E-state index is 3.44. The lowest BCUT2D eigenvalue weighted by molar-refractivity contribution is 0.484. The maximum atomic E-state index is 3.44. The van der Waals surface area contributed by atoms with Crippen LogP contribution in [0.1, 0.15) is 23.2 Å². The standard InChI is InChI=1S/C15H18N2/c1-16-11-5-6-14-13(9-11)12-4-2-3-10-7-8-17(14)15(10)12/h2-4,11,16H,5-9H2,1H3. The molecule has 1 aliphatic carbocycles. The summed E-state index contributed by atoms with van der Waals surface area (Å²) in [6.45, 7) is 1.20. The van der Waals surface area contributed by atoms with Crippen LogP contribution in [0.2, 0.25) is 0 Å². The number of fused-ring (bicyclic) bond motifs is 3. The first-order chi connectivity index (χ1) is 8.38. The average Bonchev–Trinajstić information content (AvgIpc) is 2.94. The number of benzene rings is 1. The number of nitrogens with one attached hydrogen (secondary N) is 1. The molecule has 1 N–H and O–H groups in total. The van der Waals surface area contributed by atoms with Crippen LogP contribution in [0.4, 0.5) is 0 Å². The average molecular weight is 226 g/mol. The Kier molecular flexibility index (Phi) is 1.92. The van der Waals surface area contributed by atoms with Gasteiger partial charge in [0.05, 0.1) is 5.52 Å². The van der Waals surface area contributed by atoms with E-state index in [-0.39, 0.29) is 0 Å². The minimum absolute atomic E-state index is 0.671. The van der Waals surface area contributed by atoms with Crippen molar-refractivity contribution in [2.24, 2.45) is 0 Å². The molecule has 0 saturated carbocycles. The van der Waals surface area contributed by atoms with Crippen LogP contribution in [-0.4, -0.2) is 17.7 Å². The summed E-state index contributed by atoms with van der Waals surface area (Å²) in [5.41, 5.74) is 6.33. The van der Waals surface area contributed by atoms with Crippen LogP contribution in [0.25, 0.3) is 10.9 Å². The molecule has 0 spiro atoms. The van der Waals surface area contributed by atoms with Crippen LogP contribution in [0.15, 0.2) is 18.2 Å². The van der Waals surface area contributed by atoms with E-state index in [1.165, 1.54) is 43.1 Å². The number of nitrogens with zero attached hydrogens (tertiary/aromatic N) is 1. The molecule has 2 nitrogen and oxygen atoms in total. The van der Waals surface area contributed by atoms with Gasteiger partial charge in [0.1, 0.15) is 0 Å². The summed E-state index contributed by atoms with van der Waals surface area (Å²) in [4.78, 5) is 0. The molecule has 0 amide bonds. The Morgan fingerprint density at radius 2 is 2.24 bits per heavy atom. The molecule has 1 aliphatic heterocycles. The third kappa shape index (κ3) is 1.19. The molecule has 2 heteroatoms. The lowest BCUT2D eigenvalue weighted by Gasteiger charge is -2.23. The highest BCUT2D eigenvalue weighted by Crippen LogP contribution is 2.37. The van der Waals surface area contributed by atoms with Crippen molar-refractivity contribution in [2.75, 3.05) is 7.05 Å². The number of hydrogen-bond donors (Lipinski definition) is 1. The fourth-order valence-electron chi connectivity index (χ4n) is 3.71. The fourth-order valence-corrected chi connectivity index (χ4v) is 3.71. The van der Waals surface area contributed by atoms with E-state index in [0.29, 0.717) is 6.04 Å². The topological polar surface area (TPSA) is 17.0 Å². The molecule has 2 aliphatic rings. The van der Waals surface area contributed by atoms with Gasteiger partial charge in [-0.25, -0.2) is 0 Å². The van der Waals surface area contributed by atoms with Gasteiger partial charge < -0.3 is 9.88 Å². The predicted molar refractivity (Wildman–Crippen MR) is 70.5 cm³/mol. The summed E-state index contributed by atoms with van der Waals surface area (Å²) in [5.74, 6) is 0. The van der Waals surface area contributed by atoms with Crippen molar-refractivity contribution in [3.05, 3.63) is 35.0 Å². The smallest absolute Gasteiger partial charge is 0.0518 e. The van der Waals surface area contributed by atoms with E-state index in [1.807, 2.05) is 0 Å². The highest BCUT2D eigenvalue weighted by Gasteiger charge is 2.27. The Morgan fingerprint density at radius 3 is 3.12 bits per heavy atom. The quantitative estimate of drug-likeness (QED) is 0.789. The van der Waals surface area contributed by atoms with Crippen molar-refractivity contribution in [3.63, 3.8) is 0 Å². The molecule has 1 atom stereocenters. The highest BCUT2D eigenvalue weighted by molar-refractivity contribution is 5.89. The molecule has 0 saturated heterocycles. The molecular formula is C15H18N2. The van der Waals surface area contributed by atoms with E-state index in [1.54, 1.807) is 16.8 Å². The summed E-state index contributed by atoms with van der Waals surface area (Å²) in [5, 5.41) is 4.97. The van der Waals surface area contributed by atoms with Crippen molar-refractivity contribution < 1.29 is 0 Å². The van der Waals surface area contributed by atoms with E-state index >= 15 is 0 Å². The summed E-state index contributed by atoms with van der Waals surface area (Å²) in [6, 6.07) is 7.52. The van der Waals surface area contributed by atoms with Gasteiger partial charge in [0.2, 0.25) is 0 Å². The Hall–Kier alpha value is -1.28. The van der Waals surface area contributed by atoms with Gasteiger partial charge in [-0.05, 0) is 43.9 Å². The molecule has 2 aromatic rings. The van der Waals surface area contributed by atoms with Crippen molar-refractivity contribution in [1.29, 1.82) is 0 Å². The van der Waals surface area contributed by atoms with Crippen molar-refractivity contribution in [1.82, 2.24) is 9.88 Å². The van der Waals surface area contributed by atoms with Crippen LogP contribution in [0.3, 0.4) is 0 Å². The van der Waals surface area contributed by atoms with E-state index in [0.717, 1.165) is 0 Å². The monoisotopic (exact) mass is 226 g/mol. The summed E-state index contributed by atoms with van der Waals surface area (Å²) in [6.07, 6.45) is 4.97. The normalized spacial score (nSPS) is 22.1. The lowest BCUT2D eigenvalue weighted by Crippen LogP contribution is -2.31. The van der Waals surface area contributed by atoms with Gasteiger partial charge in [-0.15, -0.1) is 0 Å². The largest absolute Gasteiger partial charge is 0.344 e. The zero-order valence-electron chi connectivity index (χ0n) is 10.3. The molecule has 0 radical (unpaired) electrons. The van der Waals surface area contributed by atoms with Crippen LogP contribution in [0.5, 0.6) is 0 Å². The molecule has 1 unspecified atom stereocenters. The first-order valence-electron chi connectivity index (χ1n) is 6.67. The fraction of sp³-hybridized carbons (Fsp3) is 0.467. The van der Waals surface area contributed by atoms with Crippen LogP contribution in [-0.2, 0) is 25.8 Å². The van der Waals surface area contributed by atoms with E-state index < -0.39 is 0 Å². The van der Waals surface area contributed by atoms with E-state index in [9.17, 15) is 0 Å². The molecule has 1 aromatic heterocycles. The van der Waals surface area contributed by atoms with Crippen molar-refractivity contribution in [3.8, 4) is 0 Å². The number of likely N-dealkylation sites (N-methyl/N-ethyl adjacent to an activating group) is 1. The number of rotatable bonds is 1. The van der Waals surface area contributed by atoms with Gasteiger partial charge in [0.15, 0.2) is 0 Å². The predicted octanol–water partition coefficient (Wildman–Crippen LogP) is 2.27. The van der Waals surface area contributed by atoms with Gasteiger partial charge in [-0.3, -0.25) is 0 Å². The first-order valence-corrected chi connectivity index (χ1v) is 6.67. The maximum Gasteiger partial charge on any atom is 0.0518 e. The molecular weight excluding hydrogens is 208 g/mol. The third-order valence-corrected chi connectivity index (χ3v) is 4.58. The van der Waals surface area contributed by atoms with Gasteiger partial charge in [0.25, 0.3) is 0 Å². The number of para-hydroxylation sites is 1. The van der Waals surface area contributed by atoms with Crippen LogP contribution in [0, 0.1) is 0 Å². The van der Waals surface area contributed by atoms with E-state index in [2.05, 4.69) is 35.1 Å². The van der Waals surface area contributed by atoms with Gasteiger partial charge in [0, 0.05) is 23.7 Å². The second kappa shape index (κ2) is 3.36. The Bertz CT molecular complexity index is 594. The summed E-state index contributed by atoms with van der Waals surface area (Å²) < 4.78 is 2.59. The van der Waals surface area contributed by atoms with Gasteiger partial charge in [-0.1, -0.05) is 18.2 Å². The lowest BCUT2D eigenvalue weighted by atomic mass is 9.91. The van der Waals surface area contributed by atoms with E-state index in [4.69, 9.17) is 0 Å². The molecule has 0 bridgehead atoms. The zero-order chi connectivity index (χ0) is 11.4. The molecule has 88 valence electrons. The SMILES string of the molecule is CNC1CCc2c(c3cccc4c3n2CC4)C1. The number of aromatic nitrogens is 1. The minimum atomic E-state index is 0.671. The Labute approximate surface area is 102 Å². The molecule has 0 fully saturated rings. The second-order valence-corrected chi connectivity index (χ2v) is 5.37.